The van der Waals surface area contributed by atoms with Crippen LogP contribution in [0.5, 0.6) is 0 Å². The molecule has 32 heavy (non-hydrogen) atoms. The Balaban J connectivity index is 1.62. The Kier molecular flexibility index (Phi) is 6.82. The molecular formula is C29H23NSe2. The third kappa shape index (κ3) is 4.88. The molecular weight excluding hydrogens is 520 g/mol. The van der Waals surface area contributed by atoms with E-state index in [0.717, 1.165) is 16.2 Å². The molecule has 0 radical (unpaired) electrons. The molecule has 1 heterocycles. The number of hydrogen-bond acceptors (Lipinski definition) is 1. The van der Waals surface area contributed by atoms with Crippen LogP contribution in [0.25, 0.3) is 22.0 Å². The zero-order valence-electron chi connectivity index (χ0n) is 17.6. The first-order valence-corrected chi connectivity index (χ1v) is 14.8. The molecule has 0 aliphatic heterocycles. The van der Waals surface area contributed by atoms with Crippen molar-refractivity contribution in [3.05, 3.63) is 126 Å². The number of fused-ring (bicyclic) bond motifs is 1. The van der Waals surface area contributed by atoms with Crippen molar-refractivity contribution < 1.29 is 0 Å². The van der Waals surface area contributed by atoms with Crippen LogP contribution in [0.4, 0.5) is 0 Å². The van der Waals surface area contributed by atoms with Gasteiger partial charge in [-0.3, -0.25) is 0 Å². The molecule has 3 heteroatoms. The van der Waals surface area contributed by atoms with E-state index >= 15 is 0 Å². The molecule has 4 aromatic carbocycles. The molecule has 0 aliphatic rings. The van der Waals surface area contributed by atoms with E-state index in [-0.39, 0.29) is 15.0 Å². The average Bonchev–Trinajstić information content (AvgIpc) is 2.87. The van der Waals surface area contributed by atoms with Crippen molar-refractivity contribution in [1.29, 1.82) is 0 Å². The van der Waals surface area contributed by atoms with Crippen LogP contribution >= 0.6 is 0 Å². The fraction of sp³-hybridized carbons (Fsp3) is 0.0690. The van der Waals surface area contributed by atoms with E-state index in [0.29, 0.717) is 15.0 Å². The third-order valence-electron chi connectivity index (χ3n) is 5.32. The van der Waals surface area contributed by atoms with Crippen LogP contribution in [0.3, 0.4) is 0 Å². The van der Waals surface area contributed by atoms with Gasteiger partial charge in [-0.2, -0.15) is 0 Å². The molecule has 0 unspecified atom stereocenters. The SMILES string of the molecule is c1ccc(C[Se]c2nc3ccccc3c([Se]Cc3ccccc3)c2-c2ccccc2)cc1. The number of aromatic nitrogens is 1. The standard InChI is InChI=1S/C29H23NSe2/c1-4-12-22(13-5-1)20-31-28-25-18-10-11-19-26(25)30-29(27(28)24-16-8-3-9-17-24)32-21-23-14-6-2-7-15-23/h1-19H,20-21H2. The summed E-state index contributed by atoms with van der Waals surface area (Å²) in [5.41, 5.74) is 6.58. The number of pyridine rings is 1. The summed E-state index contributed by atoms with van der Waals surface area (Å²) in [5.74, 6) is 0. The first-order valence-electron chi connectivity index (χ1n) is 10.7. The summed E-state index contributed by atoms with van der Waals surface area (Å²) in [6.45, 7) is 0. The molecule has 0 bridgehead atoms. The van der Waals surface area contributed by atoms with Crippen LogP contribution in [0.1, 0.15) is 11.1 Å². The zero-order valence-corrected chi connectivity index (χ0v) is 21.1. The third-order valence-corrected chi connectivity index (χ3v) is 10.0. The van der Waals surface area contributed by atoms with E-state index in [1.165, 1.54) is 36.7 Å². The summed E-state index contributed by atoms with van der Waals surface area (Å²) in [7, 11) is 0. The van der Waals surface area contributed by atoms with Crippen molar-refractivity contribution in [3.63, 3.8) is 0 Å². The average molecular weight is 543 g/mol. The van der Waals surface area contributed by atoms with Gasteiger partial charge >= 0.3 is 203 Å². The van der Waals surface area contributed by atoms with Gasteiger partial charge in [0, 0.05) is 0 Å². The second kappa shape index (κ2) is 10.3. The molecule has 0 amide bonds. The summed E-state index contributed by atoms with van der Waals surface area (Å²) in [6, 6.07) is 41.2. The van der Waals surface area contributed by atoms with Crippen LogP contribution in [-0.2, 0) is 10.6 Å². The van der Waals surface area contributed by atoms with E-state index < -0.39 is 0 Å². The van der Waals surface area contributed by atoms with Gasteiger partial charge in [-0.05, 0) is 0 Å². The molecule has 0 spiro atoms. The zero-order chi connectivity index (χ0) is 21.6. The first-order chi connectivity index (χ1) is 15.9. The van der Waals surface area contributed by atoms with E-state index in [4.69, 9.17) is 4.98 Å². The Morgan fingerprint density at radius 3 is 1.72 bits per heavy atom. The molecule has 0 fully saturated rings. The molecule has 0 N–H and O–H groups in total. The Morgan fingerprint density at radius 1 is 0.531 bits per heavy atom. The number of para-hydroxylation sites is 1. The van der Waals surface area contributed by atoms with E-state index in [2.05, 4.69) is 115 Å². The van der Waals surface area contributed by atoms with Crippen molar-refractivity contribution in [3.8, 4) is 11.1 Å². The summed E-state index contributed by atoms with van der Waals surface area (Å²) < 4.78 is 2.76. The van der Waals surface area contributed by atoms with Crippen molar-refractivity contribution in [2.24, 2.45) is 0 Å². The van der Waals surface area contributed by atoms with Crippen molar-refractivity contribution in [1.82, 2.24) is 4.98 Å². The van der Waals surface area contributed by atoms with Gasteiger partial charge in [0.25, 0.3) is 0 Å². The Morgan fingerprint density at radius 2 is 1.06 bits per heavy atom. The molecule has 1 aromatic heterocycles. The predicted molar refractivity (Wildman–Crippen MR) is 138 cm³/mol. The maximum atomic E-state index is 5.22. The van der Waals surface area contributed by atoms with E-state index in [9.17, 15) is 0 Å². The van der Waals surface area contributed by atoms with Crippen LogP contribution in [-0.4, -0.2) is 34.9 Å². The van der Waals surface area contributed by atoms with E-state index in [1.54, 1.807) is 0 Å². The van der Waals surface area contributed by atoms with Crippen molar-refractivity contribution >= 4 is 49.9 Å². The molecule has 5 rings (SSSR count). The minimum absolute atomic E-state index is 0.258. The maximum absolute atomic E-state index is 5.22. The van der Waals surface area contributed by atoms with Gasteiger partial charge < -0.3 is 0 Å². The van der Waals surface area contributed by atoms with E-state index in [1.807, 2.05) is 0 Å². The van der Waals surface area contributed by atoms with Gasteiger partial charge in [-0.15, -0.1) is 0 Å². The van der Waals surface area contributed by atoms with Gasteiger partial charge in [0.1, 0.15) is 0 Å². The number of hydrogen-bond donors (Lipinski definition) is 0. The monoisotopic (exact) mass is 545 g/mol. The summed E-state index contributed by atoms with van der Waals surface area (Å²) in [5, 5.41) is 3.46. The van der Waals surface area contributed by atoms with Crippen molar-refractivity contribution in [2.75, 3.05) is 0 Å². The summed E-state index contributed by atoms with van der Waals surface area (Å²) >= 11 is 0.570. The van der Waals surface area contributed by atoms with Crippen LogP contribution < -0.4 is 9.05 Å². The fourth-order valence-electron chi connectivity index (χ4n) is 3.73. The first kappa shape index (κ1) is 21.2. The second-order valence-electron chi connectivity index (χ2n) is 7.55. The number of nitrogens with zero attached hydrogens (tertiary/aromatic N) is 1. The Hall–Kier alpha value is -2.67. The van der Waals surface area contributed by atoms with Crippen LogP contribution in [0, 0.1) is 0 Å². The topological polar surface area (TPSA) is 12.9 Å². The van der Waals surface area contributed by atoms with Gasteiger partial charge in [-0.25, -0.2) is 0 Å². The van der Waals surface area contributed by atoms with Crippen LogP contribution in [0.2, 0.25) is 0 Å². The van der Waals surface area contributed by atoms with Gasteiger partial charge in [0.15, 0.2) is 0 Å². The number of rotatable bonds is 7. The molecule has 156 valence electrons. The second-order valence-corrected chi connectivity index (χ2v) is 11.6. The quantitative estimate of drug-likeness (QED) is 0.265. The molecule has 0 atom stereocenters. The molecule has 0 aliphatic carbocycles. The summed E-state index contributed by atoms with van der Waals surface area (Å²) in [6.07, 6.45) is 0. The molecule has 0 saturated heterocycles. The minimum atomic E-state index is 0.258. The summed E-state index contributed by atoms with van der Waals surface area (Å²) in [4.78, 5) is 5.22. The Labute approximate surface area is 202 Å². The van der Waals surface area contributed by atoms with Gasteiger partial charge in [0.2, 0.25) is 0 Å². The predicted octanol–water partition coefficient (Wildman–Crippen LogP) is 4.96. The normalized spacial score (nSPS) is 11.0. The van der Waals surface area contributed by atoms with Crippen molar-refractivity contribution in [2.45, 2.75) is 10.6 Å². The molecule has 5 aromatic rings. The fourth-order valence-corrected chi connectivity index (χ4v) is 8.70. The van der Waals surface area contributed by atoms with Gasteiger partial charge in [-0.1, -0.05) is 0 Å². The molecule has 1 nitrogen and oxygen atoms in total. The van der Waals surface area contributed by atoms with Gasteiger partial charge in [0.05, 0.1) is 0 Å². The number of benzene rings is 4. The van der Waals surface area contributed by atoms with Crippen LogP contribution in [0.15, 0.2) is 115 Å². The molecule has 0 saturated carbocycles. The Bertz CT molecular complexity index is 1300.